The second-order valence-electron chi connectivity index (χ2n) is 10.2. The van der Waals surface area contributed by atoms with Crippen molar-refractivity contribution in [1.82, 2.24) is 9.97 Å². The summed E-state index contributed by atoms with van der Waals surface area (Å²) in [6, 6.07) is 14.3. The predicted octanol–water partition coefficient (Wildman–Crippen LogP) is 8.25. The van der Waals surface area contributed by atoms with Gasteiger partial charge in [-0.2, -0.15) is 0 Å². The van der Waals surface area contributed by atoms with Crippen molar-refractivity contribution in [2.45, 2.75) is 51.4 Å². The van der Waals surface area contributed by atoms with E-state index in [-0.39, 0.29) is 5.92 Å². The normalized spacial score (nSPS) is 16.0. The number of aliphatic carboxylic acids is 1. The van der Waals surface area contributed by atoms with Crippen LogP contribution in [0.3, 0.4) is 0 Å². The number of carboxylic acids is 1. The Balaban J connectivity index is 1.73. The molecule has 0 amide bonds. The van der Waals surface area contributed by atoms with Gasteiger partial charge in [-0.25, -0.2) is 4.79 Å². The molecule has 0 radical (unpaired) electrons. The van der Waals surface area contributed by atoms with Crippen LogP contribution in [0.4, 0.5) is 0 Å². The van der Waals surface area contributed by atoms with Crippen molar-refractivity contribution < 1.29 is 14.6 Å². The molecule has 1 unspecified atom stereocenters. The number of allylic oxidation sites excluding steroid dienone is 4. The van der Waals surface area contributed by atoms with Gasteiger partial charge in [-0.15, -0.1) is 0 Å². The summed E-state index contributed by atoms with van der Waals surface area (Å²) in [6.07, 6.45) is 19.0. The molecule has 2 aromatic carbocycles. The van der Waals surface area contributed by atoms with Gasteiger partial charge in [0.15, 0.2) is 6.61 Å². The van der Waals surface area contributed by atoms with E-state index in [1.807, 2.05) is 24.3 Å². The lowest BCUT2D eigenvalue weighted by Gasteiger charge is -2.21. The molecule has 0 saturated carbocycles. The van der Waals surface area contributed by atoms with Gasteiger partial charge in [-0.05, 0) is 60.4 Å². The van der Waals surface area contributed by atoms with Gasteiger partial charge >= 0.3 is 5.97 Å². The van der Waals surface area contributed by atoms with E-state index in [0.717, 1.165) is 77.6 Å². The Morgan fingerprint density at radius 2 is 1.90 bits per heavy atom. The number of hydrogen-bond acceptors (Lipinski definition) is 2. The first-order valence-corrected chi connectivity index (χ1v) is 13.8. The number of fused-ring (bicyclic) bond motifs is 2. The molecule has 2 aromatic heterocycles. The fourth-order valence-electron chi connectivity index (χ4n) is 5.59. The molecule has 2 heterocycles. The van der Waals surface area contributed by atoms with Crippen LogP contribution in [-0.4, -0.2) is 27.7 Å². The quantitative estimate of drug-likeness (QED) is 0.208. The first-order valence-electron chi connectivity index (χ1n) is 13.8. The van der Waals surface area contributed by atoms with Crippen molar-refractivity contribution in [1.29, 1.82) is 0 Å². The van der Waals surface area contributed by atoms with Gasteiger partial charge in [-0.1, -0.05) is 80.6 Å². The number of ether oxygens (including phenoxy) is 1. The summed E-state index contributed by atoms with van der Waals surface area (Å²) >= 11 is 0. The fraction of sp³-hybridized carbons (Fsp3) is 0.265. The summed E-state index contributed by atoms with van der Waals surface area (Å²) in [5, 5.41) is 10.5. The minimum atomic E-state index is -1.00. The van der Waals surface area contributed by atoms with Crippen molar-refractivity contribution in [2.24, 2.45) is 0 Å². The Morgan fingerprint density at radius 3 is 2.74 bits per heavy atom. The lowest BCUT2D eigenvalue weighted by molar-refractivity contribution is -0.139. The van der Waals surface area contributed by atoms with Gasteiger partial charge in [0, 0.05) is 46.0 Å². The number of aromatic amines is 2. The largest absolute Gasteiger partial charge is 0.482 e. The maximum absolute atomic E-state index is 11.4. The predicted molar refractivity (Wildman–Crippen MR) is 159 cm³/mol. The van der Waals surface area contributed by atoms with E-state index in [2.05, 4.69) is 78.4 Å². The summed E-state index contributed by atoms with van der Waals surface area (Å²) in [4.78, 5) is 18.5. The SMILES string of the molecule is C=C1CCC/C=C/C=C\c2c(C(c3ccccc3OCC(=O)O)c3c[nH]c4c(CCCC)cccc34)c[nH]c21. The Bertz CT molecular complexity index is 1540. The van der Waals surface area contributed by atoms with Crippen LogP contribution in [-0.2, 0) is 11.2 Å². The minimum absolute atomic E-state index is 0.199. The fourth-order valence-corrected chi connectivity index (χ4v) is 5.59. The summed E-state index contributed by atoms with van der Waals surface area (Å²) in [7, 11) is 0. The average Bonchev–Trinajstić information content (AvgIpc) is 3.56. The molecular weight excluding hydrogens is 484 g/mol. The number of H-pyrrole nitrogens is 2. The third-order valence-electron chi connectivity index (χ3n) is 7.50. The van der Waals surface area contributed by atoms with Crippen molar-refractivity contribution in [3.05, 3.63) is 113 Å². The molecule has 0 fully saturated rings. The standard InChI is InChI=1S/C34H36N2O3/c1-3-4-14-24-15-12-18-26-29(21-36-34(24)26)32(27-17-10-11-19-30(27)39-22-31(37)38)28-20-35-33-23(2)13-8-6-5-7-9-16-25(28)33/h5,7,9-12,15-21,32,35-36H,2-4,6,8,13-14,22H2,1H3,(H,37,38)/b7-5+,16-9-. The Morgan fingerprint density at radius 1 is 1.05 bits per heavy atom. The van der Waals surface area contributed by atoms with Crippen molar-refractivity contribution in [3.8, 4) is 5.75 Å². The van der Waals surface area contributed by atoms with Gasteiger partial charge in [-0.3, -0.25) is 0 Å². The van der Waals surface area contributed by atoms with Crippen LogP contribution in [0.2, 0.25) is 0 Å². The van der Waals surface area contributed by atoms with Crippen LogP contribution in [0.15, 0.2) is 79.7 Å². The van der Waals surface area contributed by atoms with E-state index in [9.17, 15) is 9.90 Å². The number of unbranched alkanes of at least 4 members (excludes halogenated alkanes) is 1. The highest BCUT2D eigenvalue weighted by molar-refractivity contribution is 5.88. The van der Waals surface area contributed by atoms with Gasteiger partial charge in [0.25, 0.3) is 0 Å². The molecule has 4 aromatic rings. The first-order chi connectivity index (χ1) is 19.1. The van der Waals surface area contributed by atoms with E-state index >= 15 is 0 Å². The zero-order valence-corrected chi connectivity index (χ0v) is 22.5. The topological polar surface area (TPSA) is 78.1 Å². The van der Waals surface area contributed by atoms with Crippen LogP contribution in [0, 0.1) is 0 Å². The van der Waals surface area contributed by atoms with Crippen LogP contribution >= 0.6 is 0 Å². The van der Waals surface area contributed by atoms with E-state index < -0.39 is 12.6 Å². The van der Waals surface area contributed by atoms with E-state index in [1.54, 1.807) is 0 Å². The molecule has 1 aliphatic carbocycles. The number of hydrogen-bond donors (Lipinski definition) is 3. The maximum Gasteiger partial charge on any atom is 0.341 e. The van der Waals surface area contributed by atoms with Crippen molar-refractivity contribution in [2.75, 3.05) is 6.61 Å². The van der Waals surface area contributed by atoms with E-state index in [1.165, 1.54) is 10.9 Å². The highest BCUT2D eigenvalue weighted by Crippen LogP contribution is 2.44. The number of carboxylic acid groups (broad SMARTS) is 1. The number of aryl methyl sites for hydroxylation is 1. The molecule has 1 aliphatic rings. The van der Waals surface area contributed by atoms with Gasteiger partial charge in [0.05, 0.1) is 0 Å². The summed E-state index contributed by atoms with van der Waals surface area (Å²) in [6.45, 7) is 6.22. The van der Waals surface area contributed by atoms with E-state index in [4.69, 9.17) is 4.74 Å². The number of benzene rings is 2. The molecule has 0 spiro atoms. The van der Waals surface area contributed by atoms with Crippen molar-refractivity contribution in [3.63, 3.8) is 0 Å². The number of carbonyl (C=O) groups is 1. The molecule has 5 rings (SSSR count). The summed E-state index contributed by atoms with van der Waals surface area (Å²) in [5.74, 6) is -0.632. The third kappa shape index (κ3) is 5.63. The van der Waals surface area contributed by atoms with Gasteiger partial charge in [0.1, 0.15) is 5.75 Å². The number of aromatic nitrogens is 2. The van der Waals surface area contributed by atoms with Crippen molar-refractivity contribution >= 4 is 28.5 Å². The molecule has 1 atom stereocenters. The second kappa shape index (κ2) is 12.1. The highest BCUT2D eigenvalue weighted by atomic mass is 16.5. The van der Waals surface area contributed by atoms with Crippen LogP contribution in [0.5, 0.6) is 5.75 Å². The maximum atomic E-state index is 11.4. The lowest BCUT2D eigenvalue weighted by Crippen LogP contribution is -2.12. The summed E-state index contributed by atoms with van der Waals surface area (Å²) in [5.41, 5.74) is 8.86. The second-order valence-corrected chi connectivity index (χ2v) is 10.2. The lowest BCUT2D eigenvalue weighted by atomic mass is 9.82. The Labute approximate surface area is 229 Å². The average molecular weight is 521 g/mol. The van der Waals surface area contributed by atoms with Gasteiger partial charge in [0.2, 0.25) is 0 Å². The monoisotopic (exact) mass is 520 g/mol. The number of nitrogens with one attached hydrogen (secondary N) is 2. The van der Waals surface area contributed by atoms with E-state index in [0.29, 0.717) is 5.75 Å². The number of para-hydroxylation sites is 2. The first kappa shape index (κ1) is 26.4. The highest BCUT2D eigenvalue weighted by Gasteiger charge is 2.28. The zero-order valence-electron chi connectivity index (χ0n) is 22.5. The Hall–Kier alpha value is -4.25. The molecule has 0 saturated heterocycles. The minimum Gasteiger partial charge on any atom is -0.482 e. The molecule has 5 nitrogen and oxygen atoms in total. The third-order valence-corrected chi connectivity index (χ3v) is 7.50. The van der Waals surface area contributed by atoms with Crippen LogP contribution in [0.25, 0.3) is 22.6 Å². The molecule has 0 aliphatic heterocycles. The molecule has 5 heteroatoms. The molecular formula is C34H36N2O3. The Kier molecular flexibility index (Phi) is 8.16. The smallest absolute Gasteiger partial charge is 0.341 e. The molecule has 200 valence electrons. The van der Waals surface area contributed by atoms with Crippen LogP contribution in [0.1, 0.15) is 78.5 Å². The van der Waals surface area contributed by atoms with Gasteiger partial charge < -0.3 is 19.8 Å². The zero-order chi connectivity index (χ0) is 27.2. The molecule has 0 bridgehead atoms. The summed E-state index contributed by atoms with van der Waals surface area (Å²) < 4.78 is 5.84. The molecule has 39 heavy (non-hydrogen) atoms. The molecule has 3 N–H and O–H groups in total. The number of rotatable bonds is 9. The van der Waals surface area contributed by atoms with Crippen LogP contribution < -0.4 is 4.74 Å².